The molecule has 0 atom stereocenters. The van der Waals surface area contributed by atoms with E-state index in [0.717, 1.165) is 32.7 Å². The van der Waals surface area contributed by atoms with E-state index in [0.29, 0.717) is 11.4 Å². The first kappa shape index (κ1) is 13.3. The summed E-state index contributed by atoms with van der Waals surface area (Å²) in [7, 11) is 1.75. The average molecular weight is 227 g/mol. The van der Waals surface area contributed by atoms with Crippen molar-refractivity contribution in [2.45, 2.75) is 33.1 Å². The van der Waals surface area contributed by atoms with Crippen LogP contribution in [0.3, 0.4) is 0 Å². The minimum atomic E-state index is 0.397. The van der Waals surface area contributed by atoms with Crippen molar-refractivity contribution in [3.63, 3.8) is 0 Å². The summed E-state index contributed by atoms with van der Waals surface area (Å²) in [4.78, 5) is 6.61. The molecule has 1 aliphatic rings. The molecule has 4 nitrogen and oxygen atoms in total. The molecule has 0 amide bonds. The lowest BCUT2D eigenvalue weighted by molar-refractivity contribution is 0.174. The lowest BCUT2D eigenvalue weighted by atomic mass is 10.0. The monoisotopic (exact) mass is 227 g/mol. The zero-order chi connectivity index (χ0) is 12.0. The van der Waals surface area contributed by atoms with E-state index in [1.165, 1.54) is 12.8 Å². The number of nitrogens with zero attached hydrogens (tertiary/aromatic N) is 2. The normalized spacial score (nSPS) is 18.6. The number of guanidine groups is 1. The Kier molecular flexibility index (Phi) is 5.06. The molecular formula is C12H25N3O. The van der Waals surface area contributed by atoms with Crippen molar-refractivity contribution >= 4 is 5.96 Å². The van der Waals surface area contributed by atoms with Gasteiger partial charge in [-0.15, -0.1) is 0 Å². The SMILES string of the molecule is CCN(CC)C(N)=NCC1(CCOC)CC1. The molecule has 1 saturated carbocycles. The summed E-state index contributed by atoms with van der Waals surface area (Å²) in [5, 5.41) is 0. The first-order valence-electron chi connectivity index (χ1n) is 6.21. The van der Waals surface area contributed by atoms with Crippen LogP contribution < -0.4 is 5.73 Å². The molecule has 94 valence electrons. The van der Waals surface area contributed by atoms with E-state index < -0.39 is 0 Å². The number of hydrogen-bond donors (Lipinski definition) is 1. The molecular weight excluding hydrogens is 202 g/mol. The number of ether oxygens (including phenoxy) is 1. The van der Waals surface area contributed by atoms with Gasteiger partial charge in [0.1, 0.15) is 0 Å². The van der Waals surface area contributed by atoms with Crippen molar-refractivity contribution in [1.82, 2.24) is 4.90 Å². The molecule has 1 fully saturated rings. The first-order valence-corrected chi connectivity index (χ1v) is 6.21. The topological polar surface area (TPSA) is 50.8 Å². The van der Waals surface area contributed by atoms with Gasteiger partial charge in [-0.3, -0.25) is 4.99 Å². The van der Waals surface area contributed by atoms with Crippen LogP contribution in [-0.4, -0.2) is 44.2 Å². The Morgan fingerprint density at radius 2 is 2.00 bits per heavy atom. The molecule has 16 heavy (non-hydrogen) atoms. The average Bonchev–Trinajstić information content (AvgIpc) is 3.06. The van der Waals surface area contributed by atoms with Crippen LogP contribution in [0.25, 0.3) is 0 Å². The maximum atomic E-state index is 5.95. The highest BCUT2D eigenvalue weighted by Gasteiger charge is 2.41. The van der Waals surface area contributed by atoms with Crippen LogP contribution in [0.4, 0.5) is 0 Å². The second-order valence-electron chi connectivity index (χ2n) is 4.59. The van der Waals surface area contributed by atoms with E-state index in [1.807, 2.05) is 0 Å². The summed E-state index contributed by atoms with van der Waals surface area (Å²) in [6.45, 7) is 7.75. The summed E-state index contributed by atoms with van der Waals surface area (Å²) in [6.07, 6.45) is 3.65. The van der Waals surface area contributed by atoms with Gasteiger partial charge in [0.2, 0.25) is 0 Å². The van der Waals surface area contributed by atoms with Gasteiger partial charge in [-0.25, -0.2) is 0 Å². The molecule has 0 radical (unpaired) electrons. The number of rotatable bonds is 7. The van der Waals surface area contributed by atoms with Gasteiger partial charge in [-0.2, -0.15) is 0 Å². The minimum Gasteiger partial charge on any atom is -0.385 e. The van der Waals surface area contributed by atoms with Crippen molar-refractivity contribution in [2.75, 3.05) is 33.4 Å². The maximum Gasteiger partial charge on any atom is 0.191 e. The number of methoxy groups -OCH3 is 1. The first-order chi connectivity index (χ1) is 7.67. The van der Waals surface area contributed by atoms with Gasteiger partial charge in [0.05, 0.1) is 0 Å². The van der Waals surface area contributed by atoms with E-state index in [2.05, 4.69) is 23.7 Å². The van der Waals surface area contributed by atoms with Crippen LogP contribution in [0.1, 0.15) is 33.1 Å². The van der Waals surface area contributed by atoms with Gasteiger partial charge in [0, 0.05) is 33.4 Å². The Morgan fingerprint density at radius 1 is 1.38 bits per heavy atom. The number of hydrogen-bond acceptors (Lipinski definition) is 2. The molecule has 1 rings (SSSR count). The van der Waals surface area contributed by atoms with Gasteiger partial charge in [0.25, 0.3) is 0 Å². The highest BCUT2D eigenvalue weighted by molar-refractivity contribution is 5.78. The van der Waals surface area contributed by atoms with Gasteiger partial charge in [0.15, 0.2) is 5.96 Å². The Hall–Kier alpha value is -0.770. The van der Waals surface area contributed by atoms with E-state index >= 15 is 0 Å². The van der Waals surface area contributed by atoms with Gasteiger partial charge in [-0.1, -0.05) is 0 Å². The Morgan fingerprint density at radius 3 is 2.44 bits per heavy atom. The quantitative estimate of drug-likeness (QED) is 0.529. The minimum absolute atomic E-state index is 0.397. The van der Waals surface area contributed by atoms with Crippen LogP contribution >= 0.6 is 0 Å². The molecule has 0 aromatic rings. The smallest absolute Gasteiger partial charge is 0.191 e. The highest BCUT2D eigenvalue weighted by atomic mass is 16.5. The molecule has 0 heterocycles. The molecule has 0 aliphatic heterocycles. The second-order valence-corrected chi connectivity index (χ2v) is 4.59. The second kappa shape index (κ2) is 6.09. The Labute approximate surface area is 98.9 Å². The summed E-state index contributed by atoms with van der Waals surface area (Å²) in [5.41, 5.74) is 6.34. The van der Waals surface area contributed by atoms with Crippen LogP contribution in [-0.2, 0) is 4.74 Å². The number of aliphatic imine (C=N–C) groups is 1. The molecule has 0 spiro atoms. The third-order valence-electron chi connectivity index (χ3n) is 3.46. The van der Waals surface area contributed by atoms with Gasteiger partial charge >= 0.3 is 0 Å². The Bertz CT molecular complexity index is 232. The lowest BCUT2D eigenvalue weighted by Crippen LogP contribution is -2.37. The van der Waals surface area contributed by atoms with Crippen molar-refractivity contribution < 1.29 is 4.74 Å². The van der Waals surface area contributed by atoms with Crippen molar-refractivity contribution in [3.05, 3.63) is 0 Å². The third kappa shape index (κ3) is 3.67. The third-order valence-corrected chi connectivity index (χ3v) is 3.46. The highest BCUT2D eigenvalue weighted by Crippen LogP contribution is 2.48. The molecule has 0 aromatic heterocycles. The zero-order valence-corrected chi connectivity index (χ0v) is 10.8. The van der Waals surface area contributed by atoms with Gasteiger partial charge in [-0.05, 0) is 38.5 Å². The standard InChI is InChI=1S/C12H25N3O/c1-4-15(5-2)11(13)14-10-12(6-7-12)8-9-16-3/h4-10H2,1-3H3,(H2,13,14). The van der Waals surface area contributed by atoms with Crippen molar-refractivity contribution in [1.29, 1.82) is 0 Å². The predicted octanol–water partition coefficient (Wildman–Crippen LogP) is 1.46. The fourth-order valence-electron chi connectivity index (χ4n) is 1.88. The van der Waals surface area contributed by atoms with E-state index in [9.17, 15) is 0 Å². The van der Waals surface area contributed by atoms with Crippen molar-refractivity contribution in [2.24, 2.45) is 16.1 Å². The van der Waals surface area contributed by atoms with Crippen LogP contribution in [0.2, 0.25) is 0 Å². The maximum absolute atomic E-state index is 5.95. The number of nitrogens with two attached hydrogens (primary N) is 1. The van der Waals surface area contributed by atoms with Crippen LogP contribution in [0, 0.1) is 5.41 Å². The van der Waals surface area contributed by atoms with Crippen molar-refractivity contribution in [3.8, 4) is 0 Å². The summed E-state index contributed by atoms with van der Waals surface area (Å²) >= 11 is 0. The summed E-state index contributed by atoms with van der Waals surface area (Å²) in [6, 6.07) is 0. The fourth-order valence-corrected chi connectivity index (χ4v) is 1.88. The van der Waals surface area contributed by atoms with E-state index in [4.69, 9.17) is 10.5 Å². The largest absolute Gasteiger partial charge is 0.385 e. The fraction of sp³-hybridized carbons (Fsp3) is 0.917. The molecule has 2 N–H and O–H groups in total. The van der Waals surface area contributed by atoms with E-state index in [-0.39, 0.29) is 0 Å². The lowest BCUT2D eigenvalue weighted by Gasteiger charge is -2.20. The van der Waals surface area contributed by atoms with E-state index in [1.54, 1.807) is 7.11 Å². The molecule has 0 aromatic carbocycles. The molecule has 0 unspecified atom stereocenters. The van der Waals surface area contributed by atoms with Crippen LogP contribution in [0.15, 0.2) is 4.99 Å². The predicted molar refractivity (Wildman–Crippen MR) is 67.6 cm³/mol. The summed E-state index contributed by atoms with van der Waals surface area (Å²) < 4.78 is 5.12. The summed E-state index contributed by atoms with van der Waals surface area (Å²) in [5.74, 6) is 0.689. The van der Waals surface area contributed by atoms with Crippen LogP contribution in [0.5, 0.6) is 0 Å². The molecule has 0 bridgehead atoms. The molecule has 1 aliphatic carbocycles. The zero-order valence-electron chi connectivity index (χ0n) is 10.8. The molecule has 4 heteroatoms. The van der Waals surface area contributed by atoms with Gasteiger partial charge < -0.3 is 15.4 Å². The Balaban J connectivity index is 2.39. The molecule has 0 saturated heterocycles.